The summed E-state index contributed by atoms with van der Waals surface area (Å²) in [5.74, 6) is -1.72. The molecule has 4 aromatic rings. The number of amides is 6. The Morgan fingerprint density at radius 2 is 0.948 bits per heavy atom. The molecule has 4 aliphatic rings. The maximum absolute atomic E-state index is 14.7. The van der Waals surface area contributed by atoms with Crippen molar-refractivity contribution in [2.75, 3.05) is 76.3 Å². The monoisotopic (exact) mass is 1060 g/mol. The number of Topliss-reactive ketones (excluding diaryl/α,β-unsaturated/α-hetero) is 2. The highest BCUT2D eigenvalue weighted by atomic mass is 19.4. The number of rotatable bonds is 18. The number of halogens is 6. The molecule has 6 amide bonds. The zero-order chi connectivity index (χ0) is 55.7. The molecule has 0 N–H and O–H groups in total. The van der Waals surface area contributed by atoms with Crippen molar-refractivity contribution in [3.05, 3.63) is 153 Å². The van der Waals surface area contributed by atoms with E-state index >= 15 is 0 Å². The first-order valence-corrected chi connectivity index (χ1v) is 25.0. The summed E-state index contributed by atoms with van der Waals surface area (Å²) in [5.41, 5.74) is -0.275. The Labute approximate surface area is 440 Å². The van der Waals surface area contributed by atoms with E-state index in [1.54, 1.807) is 38.1 Å². The summed E-state index contributed by atoms with van der Waals surface area (Å²) in [5, 5.41) is 19.0. The van der Waals surface area contributed by atoms with Gasteiger partial charge in [-0.2, -0.15) is 36.9 Å². The van der Waals surface area contributed by atoms with E-state index in [-0.39, 0.29) is 72.9 Å². The Morgan fingerprint density at radius 1 is 0.584 bits per heavy atom. The van der Waals surface area contributed by atoms with Gasteiger partial charge in [-0.15, -0.1) is 0 Å². The molecule has 0 fully saturated rings. The van der Waals surface area contributed by atoms with E-state index < -0.39 is 84.1 Å². The van der Waals surface area contributed by atoms with Crippen molar-refractivity contribution in [3.8, 4) is 12.1 Å². The minimum absolute atomic E-state index is 0.0445. The maximum atomic E-state index is 14.7. The Morgan fingerprint density at radius 3 is 1.27 bits per heavy atom. The number of likely N-dealkylation sites (N-methyl/N-ethyl adjacent to an activating group) is 2. The minimum atomic E-state index is -4.75. The molecule has 4 heterocycles. The molecule has 0 aromatic heterocycles. The molecule has 4 aromatic carbocycles. The average Bonchev–Trinajstić information content (AvgIpc) is 3.92. The van der Waals surface area contributed by atoms with Gasteiger partial charge in [0.15, 0.2) is 11.6 Å². The molecule has 0 unspecified atom stereocenters. The molecular weight excluding hydrogens is 1010 g/mol. The molecular formula is C56H54F6N9O6+. The number of hydrogen-bond acceptors (Lipinski definition) is 8. The van der Waals surface area contributed by atoms with Crippen LogP contribution in [-0.4, -0.2) is 126 Å². The fraction of sp³-hybridized carbons (Fsp3) is 0.357. The number of anilines is 2. The topological polar surface area (TPSA) is 169 Å². The van der Waals surface area contributed by atoms with Crippen LogP contribution in [0.4, 0.5) is 47.3 Å². The zero-order valence-electron chi connectivity index (χ0n) is 42.6. The van der Waals surface area contributed by atoms with Gasteiger partial charge in [-0.1, -0.05) is 36.4 Å². The van der Waals surface area contributed by atoms with E-state index in [4.69, 9.17) is 0 Å². The largest absolute Gasteiger partial charge is 0.416 e. The van der Waals surface area contributed by atoms with Crippen molar-refractivity contribution in [1.29, 1.82) is 10.5 Å². The molecule has 8 rings (SSSR count). The first-order valence-electron chi connectivity index (χ1n) is 25.0. The third-order valence-electron chi connectivity index (χ3n) is 14.4. The van der Waals surface area contributed by atoms with Crippen LogP contribution in [0.25, 0.3) is 0 Å². The fourth-order valence-corrected chi connectivity index (χ4v) is 10.5. The second-order valence-electron chi connectivity index (χ2n) is 19.9. The van der Waals surface area contributed by atoms with Crippen LogP contribution >= 0.6 is 0 Å². The third kappa shape index (κ3) is 11.2. The second-order valence-corrected chi connectivity index (χ2v) is 19.9. The number of hydrogen-bond donors (Lipinski definition) is 0. The van der Waals surface area contributed by atoms with Gasteiger partial charge >= 0.3 is 24.4 Å². The summed E-state index contributed by atoms with van der Waals surface area (Å²) in [7, 11) is 3.77. The second kappa shape index (κ2) is 21.7. The van der Waals surface area contributed by atoms with E-state index in [1.165, 1.54) is 56.0 Å². The van der Waals surface area contributed by atoms with Crippen LogP contribution in [0.5, 0.6) is 0 Å². The molecule has 0 aliphatic carbocycles. The Hall–Kier alpha value is -8.30. The summed E-state index contributed by atoms with van der Waals surface area (Å²) >= 11 is 0. The Balaban J connectivity index is 0.971. The maximum Gasteiger partial charge on any atom is 0.416 e. The molecule has 2 atom stereocenters. The van der Waals surface area contributed by atoms with Crippen LogP contribution in [0.1, 0.15) is 85.0 Å². The molecule has 0 bridgehead atoms. The molecule has 400 valence electrons. The molecule has 0 radical (unpaired) electrons. The molecule has 0 spiro atoms. The lowest BCUT2D eigenvalue weighted by Gasteiger charge is -2.41. The van der Waals surface area contributed by atoms with Crippen molar-refractivity contribution in [1.82, 2.24) is 19.6 Å². The van der Waals surface area contributed by atoms with Crippen LogP contribution in [-0.2, 0) is 31.5 Å². The number of ketones is 2. The molecule has 77 heavy (non-hydrogen) atoms. The fourth-order valence-electron chi connectivity index (χ4n) is 10.5. The van der Waals surface area contributed by atoms with Crippen molar-refractivity contribution in [3.63, 3.8) is 0 Å². The van der Waals surface area contributed by atoms with Crippen LogP contribution in [0.15, 0.2) is 120 Å². The van der Waals surface area contributed by atoms with Crippen LogP contribution < -0.4 is 9.80 Å². The van der Waals surface area contributed by atoms with Crippen molar-refractivity contribution < 1.29 is 59.6 Å². The predicted molar refractivity (Wildman–Crippen MR) is 269 cm³/mol. The van der Waals surface area contributed by atoms with E-state index in [1.807, 2.05) is 26.2 Å². The van der Waals surface area contributed by atoms with Gasteiger partial charge in [-0.3, -0.25) is 29.0 Å². The quantitative estimate of drug-likeness (QED) is 0.0702. The number of quaternary nitrogens is 1. The Kier molecular flexibility index (Phi) is 15.5. The number of benzene rings is 4. The van der Waals surface area contributed by atoms with E-state index in [0.29, 0.717) is 52.7 Å². The highest BCUT2D eigenvalue weighted by Crippen LogP contribution is 2.46. The average molecular weight is 1060 g/mol. The van der Waals surface area contributed by atoms with E-state index in [0.717, 1.165) is 46.2 Å². The summed E-state index contributed by atoms with van der Waals surface area (Å²) in [6, 6.07) is 20.9. The summed E-state index contributed by atoms with van der Waals surface area (Å²) in [6.45, 7) is 3.54. The van der Waals surface area contributed by atoms with Crippen molar-refractivity contribution >= 4 is 46.8 Å². The smallest absolute Gasteiger partial charge is 0.333 e. The number of carbonyl (C=O) groups excluding carboxylic acids is 6. The van der Waals surface area contributed by atoms with Gasteiger partial charge in [-0.25, -0.2) is 9.59 Å². The first kappa shape index (κ1) is 54.9. The van der Waals surface area contributed by atoms with Gasteiger partial charge in [0, 0.05) is 38.8 Å². The standard InChI is InChI=1S/C56H54F6N9O6/c1-5-65-33-45-47(51(65)74)49(37-21-17-35(29-63)18-22-37)67(53(76)69(45)41-13-7-11-39(27-41)55(57,58)59)31-43(72)15-9-25-71(3,4)26-10-16-44(73)32-68-50(38-23-19-36(30-64)20-24-38)48-46(34-66(6-2)52(48)75)70(54(68)77)42-14-8-12-40(28-42)56(60,61)62/h7-8,11-14,17-24,27-28,49-50H,5-6,9-10,15-16,25-26,31-34H2,1-4H3/q+1/t49-,50-/m1/s1. The van der Waals surface area contributed by atoms with Gasteiger partial charge in [0.05, 0.1) is 134 Å². The van der Waals surface area contributed by atoms with Crippen LogP contribution in [0.2, 0.25) is 0 Å². The number of nitrogens with zero attached hydrogens (tertiary/aromatic N) is 9. The molecule has 0 saturated heterocycles. The highest BCUT2D eigenvalue weighted by Gasteiger charge is 2.51. The van der Waals surface area contributed by atoms with E-state index in [9.17, 15) is 65.6 Å². The van der Waals surface area contributed by atoms with Crippen molar-refractivity contribution in [2.45, 2.75) is 64.0 Å². The van der Waals surface area contributed by atoms with Crippen LogP contribution in [0.3, 0.4) is 0 Å². The number of nitriles is 2. The van der Waals surface area contributed by atoms with E-state index in [2.05, 4.69) is 0 Å². The lowest BCUT2D eigenvalue weighted by molar-refractivity contribution is -0.890. The lowest BCUT2D eigenvalue weighted by atomic mass is 9.92. The molecule has 21 heteroatoms. The van der Waals surface area contributed by atoms with Crippen LogP contribution in [0, 0.1) is 22.7 Å². The van der Waals surface area contributed by atoms with Gasteiger partial charge in [-0.05, 0) is 85.6 Å². The van der Waals surface area contributed by atoms with Crippen molar-refractivity contribution in [2.24, 2.45) is 0 Å². The summed E-state index contributed by atoms with van der Waals surface area (Å²) in [6.07, 6.45) is -8.98. The number of alkyl halides is 6. The van der Waals surface area contributed by atoms with Gasteiger partial charge in [0.2, 0.25) is 0 Å². The summed E-state index contributed by atoms with van der Waals surface area (Å²) < 4.78 is 84.3. The predicted octanol–water partition coefficient (Wildman–Crippen LogP) is 9.14. The highest BCUT2D eigenvalue weighted by molar-refractivity contribution is 6.09. The number of carbonyl (C=O) groups is 6. The first-order chi connectivity index (χ1) is 36.5. The Bertz CT molecular complexity index is 2970. The normalized spacial score (nSPS) is 18.1. The van der Waals surface area contributed by atoms with Gasteiger partial charge < -0.3 is 24.1 Å². The van der Waals surface area contributed by atoms with Gasteiger partial charge in [0.1, 0.15) is 0 Å². The lowest BCUT2D eigenvalue weighted by Crippen LogP contribution is -2.52. The molecule has 15 nitrogen and oxygen atoms in total. The minimum Gasteiger partial charge on any atom is -0.333 e. The number of urea groups is 2. The van der Waals surface area contributed by atoms with Gasteiger partial charge in [0.25, 0.3) is 11.8 Å². The zero-order valence-corrected chi connectivity index (χ0v) is 42.6. The third-order valence-corrected chi connectivity index (χ3v) is 14.4. The molecule has 0 saturated carbocycles. The SMILES string of the molecule is CCN1CC2=C(C1=O)[C@@H](c1ccc(C#N)cc1)N(CC(=O)CCC[N+](C)(C)CCCC(=O)CN1C(=O)N(c3cccc(C(F)(F)F)c3)C3=C(C(=O)N(CC)C3)[C@H]1c1ccc(C#N)cc1)C(=O)N2c1cccc(C(F)(F)F)c1. The molecule has 4 aliphatic heterocycles. The summed E-state index contributed by atoms with van der Waals surface area (Å²) in [4.78, 5) is 93.1.